The van der Waals surface area contributed by atoms with E-state index in [1.54, 1.807) is 11.4 Å². The maximum Gasteiger partial charge on any atom is 0.250 e. The van der Waals surface area contributed by atoms with Crippen LogP contribution in [-0.2, 0) is 19.7 Å². The molecule has 19 heavy (non-hydrogen) atoms. The topological polar surface area (TPSA) is 75.7 Å². The van der Waals surface area contributed by atoms with Gasteiger partial charge in [0.1, 0.15) is 4.21 Å². The lowest BCUT2D eigenvalue weighted by Gasteiger charge is -2.25. The summed E-state index contributed by atoms with van der Waals surface area (Å²) in [7, 11) is -3.49. The third-order valence-electron chi connectivity index (χ3n) is 2.67. The van der Waals surface area contributed by atoms with Gasteiger partial charge in [-0.25, -0.2) is 18.2 Å². The van der Waals surface area contributed by atoms with E-state index in [0.29, 0.717) is 13.2 Å². The Hall–Kier alpha value is -0.960. The largest absolute Gasteiger partial charge is 0.273 e. The molecule has 0 spiro atoms. The Kier molecular flexibility index (Phi) is 4.92. The molecule has 1 aliphatic heterocycles. The van der Waals surface area contributed by atoms with Gasteiger partial charge < -0.3 is 0 Å². The Balaban J connectivity index is 1.78. The van der Waals surface area contributed by atoms with E-state index in [9.17, 15) is 13.2 Å². The molecule has 1 aliphatic rings. The average molecular weight is 304 g/mol. The van der Waals surface area contributed by atoms with Crippen LogP contribution < -0.4 is 4.72 Å². The second kappa shape index (κ2) is 6.47. The fraction of sp³-hybridized carbons (Fsp3) is 0.545. The molecular formula is C11H16N2O4S2. The molecule has 0 radical (unpaired) electrons. The van der Waals surface area contributed by atoms with Crippen LogP contribution in [0, 0.1) is 0 Å². The van der Waals surface area contributed by atoms with E-state index in [0.717, 1.165) is 24.2 Å². The van der Waals surface area contributed by atoms with Gasteiger partial charge in [-0.05, 0) is 24.3 Å². The summed E-state index contributed by atoms with van der Waals surface area (Å²) in [6, 6.07) is 3.20. The molecule has 106 valence electrons. The van der Waals surface area contributed by atoms with Crippen LogP contribution in [0.2, 0.25) is 0 Å². The molecule has 0 saturated carbocycles. The van der Waals surface area contributed by atoms with Crippen molar-refractivity contribution < 1.29 is 18.0 Å². The highest BCUT2D eigenvalue weighted by atomic mass is 32.2. The number of nitrogens with one attached hydrogen (secondary N) is 1. The van der Waals surface area contributed by atoms with Gasteiger partial charge in [-0.3, -0.25) is 9.63 Å². The number of thiophene rings is 1. The molecule has 1 fully saturated rings. The number of nitrogens with zero attached hydrogens (tertiary/aromatic N) is 1. The van der Waals surface area contributed by atoms with Crippen molar-refractivity contribution in [1.82, 2.24) is 9.79 Å². The van der Waals surface area contributed by atoms with Crippen molar-refractivity contribution in [2.45, 2.75) is 23.5 Å². The maximum absolute atomic E-state index is 11.8. The van der Waals surface area contributed by atoms with Gasteiger partial charge in [0, 0.05) is 19.5 Å². The highest BCUT2D eigenvalue weighted by Gasteiger charge is 2.19. The van der Waals surface area contributed by atoms with Crippen LogP contribution in [0.15, 0.2) is 21.7 Å². The molecule has 6 nitrogen and oxygen atoms in total. The lowest BCUT2D eigenvalue weighted by atomic mass is 10.3. The van der Waals surface area contributed by atoms with Gasteiger partial charge >= 0.3 is 0 Å². The number of hydroxylamine groups is 2. The quantitative estimate of drug-likeness (QED) is 0.879. The summed E-state index contributed by atoms with van der Waals surface area (Å²) in [5.74, 6) is -0.187. The standard InChI is InChI=1S/C11H16N2O4S2/c14-10(13-7-1-2-8-17-13)5-6-12-19(15,16)11-4-3-9-18-11/h3-4,9,12H,1-2,5-8H2. The molecule has 8 heteroatoms. The minimum atomic E-state index is -3.49. The Morgan fingerprint density at radius 1 is 1.47 bits per heavy atom. The van der Waals surface area contributed by atoms with Gasteiger partial charge in [0.2, 0.25) is 15.9 Å². The van der Waals surface area contributed by atoms with Crippen molar-refractivity contribution in [2.75, 3.05) is 19.7 Å². The predicted octanol–water partition coefficient (Wildman–Crippen LogP) is 0.970. The molecule has 0 unspecified atom stereocenters. The zero-order chi connectivity index (χ0) is 13.7. The lowest BCUT2D eigenvalue weighted by Crippen LogP contribution is -2.37. The van der Waals surface area contributed by atoms with E-state index < -0.39 is 10.0 Å². The molecule has 0 bridgehead atoms. The maximum atomic E-state index is 11.8. The number of sulfonamides is 1. The van der Waals surface area contributed by atoms with E-state index in [1.165, 1.54) is 11.1 Å². The third kappa shape index (κ3) is 4.00. The van der Waals surface area contributed by atoms with Crippen LogP contribution in [0.4, 0.5) is 0 Å². The lowest BCUT2D eigenvalue weighted by molar-refractivity contribution is -0.196. The smallest absolute Gasteiger partial charge is 0.250 e. The van der Waals surface area contributed by atoms with Crippen molar-refractivity contribution in [1.29, 1.82) is 0 Å². The van der Waals surface area contributed by atoms with Gasteiger partial charge in [-0.1, -0.05) is 6.07 Å². The zero-order valence-electron chi connectivity index (χ0n) is 10.4. The van der Waals surface area contributed by atoms with Crippen LogP contribution in [0.25, 0.3) is 0 Å². The number of hydrogen-bond donors (Lipinski definition) is 1. The van der Waals surface area contributed by atoms with E-state index >= 15 is 0 Å². The first-order chi connectivity index (χ1) is 9.09. The molecule has 1 aromatic rings. The van der Waals surface area contributed by atoms with E-state index in [4.69, 9.17) is 4.84 Å². The van der Waals surface area contributed by atoms with Crippen molar-refractivity contribution in [3.63, 3.8) is 0 Å². The van der Waals surface area contributed by atoms with E-state index in [1.807, 2.05) is 0 Å². The summed E-state index contributed by atoms with van der Waals surface area (Å²) in [4.78, 5) is 16.9. The fourth-order valence-corrected chi connectivity index (χ4v) is 3.77. The first-order valence-electron chi connectivity index (χ1n) is 6.06. The molecule has 0 aromatic carbocycles. The third-order valence-corrected chi connectivity index (χ3v) is 5.53. The van der Waals surface area contributed by atoms with Gasteiger partial charge in [0.15, 0.2) is 0 Å². The zero-order valence-corrected chi connectivity index (χ0v) is 12.0. The molecular weight excluding hydrogens is 288 g/mol. The Morgan fingerprint density at radius 2 is 2.32 bits per heavy atom. The first-order valence-corrected chi connectivity index (χ1v) is 8.42. The number of amides is 1. The average Bonchev–Trinajstić information content (AvgIpc) is 2.94. The van der Waals surface area contributed by atoms with E-state index in [2.05, 4.69) is 4.72 Å². The molecule has 0 aliphatic carbocycles. The van der Waals surface area contributed by atoms with Gasteiger partial charge in [-0.2, -0.15) is 0 Å². The monoisotopic (exact) mass is 304 g/mol. The van der Waals surface area contributed by atoms with Crippen molar-refractivity contribution in [3.05, 3.63) is 17.5 Å². The highest BCUT2D eigenvalue weighted by molar-refractivity contribution is 7.91. The Bertz CT molecular complexity index is 507. The number of hydrogen-bond acceptors (Lipinski definition) is 5. The van der Waals surface area contributed by atoms with Crippen LogP contribution in [0.1, 0.15) is 19.3 Å². The molecule has 1 aromatic heterocycles. The minimum absolute atomic E-state index is 0.0823. The Labute approximate surface area is 116 Å². The SMILES string of the molecule is O=C(CCNS(=O)(=O)c1cccs1)N1CCCCO1. The van der Waals surface area contributed by atoms with Gasteiger partial charge in [0.05, 0.1) is 6.61 Å². The minimum Gasteiger partial charge on any atom is -0.273 e. The predicted molar refractivity (Wildman–Crippen MR) is 71.0 cm³/mol. The summed E-state index contributed by atoms with van der Waals surface area (Å²) in [5, 5.41) is 3.02. The van der Waals surface area contributed by atoms with Gasteiger partial charge in [-0.15, -0.1) is 11.3 Å². The summed E-state index contributed by atoms with van der Waals surface area (Å²) in [6.07, 6.45) is 1.98. The second-order valence-electron chi connectivity index (χ2n) is 4.12. The van der Waals surface area contributed by atoms with Crippen LogP contribution in [0.5, 0.6) is 0 Å². The molecule has 1 N–H and O–H groups in total. The highest BCUT2D eigenvalue weighted by Crippen LogP contribution is 2.15. The summed E-state index contributed by atoms with van der Waals surface area (Å²) in [6.45, 7) is 1.21. The normalized spacial score (nSPS) is 16.5. The van der Waals surface area contributed by atoms with Crippen LogP contribution in [0.3, 0.4) is 0 Å². The summed E-state index contributed by atoms with van der Waals surface area (Å²) >= 11 is 1.15. The molecule has 1 amide bonds. The first kappa shape index (κ1) is 14.4. The van der Waals surface area contributed by atoms with Crippen LogP contribution >= 0.6 is 11.3 Å². The van der Waals surface area contributed by atoms with Crippen molar-refractivity contribution >= 4 is 27.3 Å². The molecule has 2 heterocycles. The second-order valence-corrected chi connectivity index (χ2v) is 7.06. The molecule has 2 rings (SSSR count). The fourth-order valence-electron chi connectivity index (χ4n) is 1.70. The van der Waals surface area contributed by atoms with Crippen molar-refractivity contribution in [3.8, 4) is 0 Å². The number of carbonyl (C=O) groups excluding carboxylic acids is 1. The Morgan fingerprint density at radius 3 is 2.95 bits per heavy atom. The summed E-state index contributed by atoms with van der Waals surface area (Å²) < 4.78 is 26.3. The van der Waals surface area contributed by atoms with E-state index in [-0.39, 0.29) is 23.1 Å². The molecule has 0 atom stereocenters. The van der Waals surface area contributed by atoms with Crippen LogP contribution in [-0.4, -0.2) is 39.1 Å². The van der Waals surface area contributed by atoms with Gasteiger partial charge in [0.25, 0.3) is 0 Å². The number of rotatable bonds is 5. The number of carbonyl (C=O) groups is 1. The molecule has 1 saturated heterocycles. The van der Waals surface area contributed by atoms with Crippen molar-refractivity contribution in [2.24, 2.45) is 0 Å². The summed E-state index contributed by atoms with van der Waals surface area (Å²) in [5.41, 5.74) is 0.